The minimum atomic E-state index is 0. The third-order valence-corrected chi connectivity index (χ3v) is 1.87. The number of ketones is 1. The van der Waals surface area contributed by atoms with Crippen LogP contribution in [0.3, 0.4) is 0 Å². The van der Waals surface area contributed by atoms with Gasteiger partial charge < -0.3 is 5.32 Å². The fourth-order valence-electron chi connectivity index (χ4n) is 0.787. The van der Waals surface area contributed by atoms with Crippen molar-refractivity contribution in [2.75, 3.05) is 6.54 Å². The molecular formula is C13H29NO2. The van der Waals surface area contributed by atoms with E-state index in [-0.39, 0.29) is 25.2 Å². The van der Waals surface area contributed by atoms with Gasteiger partial charge in [0.2, 0.25) is 5.91 Å². The van der Waals surface area contributed by atoms with Crippen LogP contribution in [0.5, 0.6) is 0 Å². The summed E-state index contributed by atoms with van der Waals surface area (Å²) < 4.78 is 0. The zero-order valence-corrected chi connectivity index (χ0v) is 10.9. The highest BCUT2D eigenvalue weighted by atomic mass is 16.1. The van der Waals surface area contributed by atoms with Gasteiger partial charge in [0.1, 0.15) is 5.78 Å². The lowest BCUT2D eigenvalue weighted by Crippen LogP contribution is -2.26. The van der Waals surface area contributed by atoms with E-state index >= 15 is 0 Å². The maximum atomic E-state index is 10.6. The molecule has 98 valence electrons. The molecule has 0 fully saturated rings. The number of hydrogen-bond acceptors (Lipinski definition) is 2. The van der Waals surface area contributed by atoms with Crippen molar-refractivity contribution in [2.45, 2.75) is 55.4 Å². The zero-order valence-electron chi connectivity index (χ0n) is 10.9. The number of carbonyl (C=O) groups is 2. The third-order valence-electron chi connectivity index (χ3n) is 1.87. The first-order valence-electron chi connectivity index (χ1n) is 5.67. The molecule has 0 saturated carbocycles. The van der Waals surface area contributed by atoms with E-state index in [0.717, 1.165) is 6.54 Å². The van der Waals surface area contributed by atoms with E-state index in [1.54, 1.807) is 0 Å². The molecule has 1 amide bonds. The maximum absolute atomic E-state index is 10.6. The fraction of sp³-hybridized carbons (Fsp3) is 0.846. The molecule has 16 heavy (non-hydrogen) atoms. The Balaban J connectivity index is -0.000000200. The van der Waals surface area contributed by atoms with E-state index in [2.05, 4.69) is 5.32 Å². The second-order valence-electron chi connectivity index (χ2n) is 4.02. The molecule has 0 unspecified atom stereocenters. The Morgan fingerprint density at radius 3 is 1.50 bits per heavy atom. The Kier molecular flexibility index (Phi) is 15.7. The van der Waals surface area contributed by atoms with Crippen LogP contribution in [0.2, 0.25) is 0 Å². The normalized spacial score (nSPS) is 9.00. The van der Waals surface area contributed by atoms with Crippen molar-refractivity contribution in [3.8, 4) is 0 Å². The average molecular weight is 231 g/mol. The monoisotopic (exact) mass is 231 g/mol. The summed E-state index contributed by atoms with van der Waals surface area (Å²) in [6.07, 6.45) is 0.678. The van der Waals surface area contributed by atoms with Crippen LogP contribution in [-0.2, 0) is 9.59 Å². The minimum Gasteiger partial charge on any atom is -0.356 e. The number of rotatable bonds is 4. The van der Waals surface area contributed by atoms with E-state index < -0.39 is 0 Å². The molecular weight excluding hydrogens is 202 g/mol. The van der Waals surface area contributed by atoms with E-state index in [1.807, 2.05) is 41.5 Å². The summed E-state index contributed by atoms with van der Waals surface area (Å²) in [5, 5.41) is 2.71. The minimum absolute atomic E-state index is 0. The highest BCUT2D eigenvalue weighted by Gasteiger charge is 2.02. The molecule has 0 aromatic carbocycles. The predicted molar refractivity (Wildman–Crippen MR) is 70.4 cm³/mol. The van der Waals surface area contributed by atoms with Gasteiger partial charge in [-0.05, 0) is 6.92 Å². The van der Waals surface area contributed by atoms with Crippen molar-refractivity contribution in [1.29, 1.82) is 0 Å². The van der Waals surface area contributed by atoms with Crippen molar-refractivity contribution in [3.05, 3.63) is 0 Å². The van der Waals surface area contributed by atoms with Crippen molar-refractivity contribution in [2.24, 2.45) is 11.8 Å². The molecule has 3 nitrogen and oxygen atoms in total. The second-order valence-corrected chi connectivity index (χ2v) is 4.02. The van der Waals surface area contributed by atoms with E-state index in [0.29, 0.717) is 12.2 Å². The van der Waals surface area contributed by atoms with Gasteiger partial charge >= 0.3 is 0 Å². The van der Waals surface area contributed by atoms with Crippen LogP contribution >= 0.6 is 0 Å². The second kappa shape index (κ2) is 12.2. The van der Waals surface area contributed by atoms with Crippen LogP contribution in [-0.4, -0.2) is 18.2 Å². The molecule has 0 radical (unpaired) electrons. The van der Waals surface area contributed by atoms with E-state index in [9.17, 15) is 9.59 Å². The summed E-state index contributed by atoms with van der Waals surface area (Å²) in [6.45, 7) is 12.1. The van der Waals surface area contributed by atoms with Gasteiger partial charge in [0.15, 0.2) is 0 Å². The lowest BCUT2D eigenvalue weighted by atomic mass is 10.1. The van der Waals surface area contributed by atoms with Crippen LogP contribution in [0, 0.1) is 11.8 Å². The molecule has 0 spiro atoms. The van der Waals surface area contributed by atoms with Gasteiger partial charge in [-0.2, -0.15) is 0 Å². The van der Waals surface area contributed by atoms with Crippen LogP contribution in [0.15, 0.2) is 0 Å². The Morgan fingerprint density at radius 2 is 1.44 bits per heavy atom. The van der Waals surface area contributed by atoms with E-state index in [4.69, 9.17) is 0 Å². The van der Waals surface area contributed by atoms with Crippen molar-refractivity contribution in [1.82, 2.24) is 5.32 Å². The zero-order chi connectivity index (χ0) is 12.4. The number of amides is 1. The maximum Gasteiger partial charge on any atom is 0.222 e. The highest BCUT2D eigenvalue weighted by Crippen LogP contribution is 1.95. The quantitative estimate of drug-likeness (QED) is 0.808. The Bertz CT molecular complexity index is 186. The molecule has 0 rings (SSSR count). The average Bonchev–Trinajstić information content (AvgIpc) is 2.17. The standard InChI is InChI=1S/C6H13NO.C6H12O.CH4/c1-4-7-6(8)5(2)3;1-4-6(7)5(2)3;/h5H,4H2,1-3H3,(H,7,8);5H,4H2,1-3H3;1H4. The van der Waals surface area contributed by atoms with Gasteiger partial charge in [-0.25, -0.2) is 0 Å². The predicted octanol–water partition coefficient (Wildman–Crippen LogP) is 3.04. The van der Waals surface area contributed by atoms with Crippen LogP contribution < -0.4 is 5.32 Å². The first-order chi connectivity index (χ1) is 6.86. The number of hydrogen-bond donors (Lipinski definition) is 1. The number of Topliss-reactive ketones (excluding diaryl/α,β-unsaturated/α-hetero) is 1. The molecule has 0 atom stereocenters. The van der Waals surface area contributed by atoms with Crippen LogP contribution in [0.4, 0.5) is 0 Å². The van der Waals surface area contributed by atoms with Gasteiger partial charge in [0.05, 0.1) is 0 Å². The van der Waals surface area contributed by atoms with E-state index in [1.165, 1.54) is 0 Å². The lowest BCUT2D eigenvalue weighted by Gasteiger charge is -2.02. The summed E-state index contributed by atoms with van der Waals surface area (Å²) >= 11 is 0. The van der Waals surface area contributed by atoms with Crippen LogP contribution in [0.25, 0.3) is 0 Å². The third kappa shape index (κ3) is 13.1. The molecule has 3 heteroatoms. The molecule has 0 aromatic rings. The van der Waals surface area contributed by atoms with Crippen LogP contribution in [0.1, 0.15) is 55.4 Å². The first-order valence-corrected chi connectivity index (χ1v) is 5.67. The largest absolute Gasteiger partial charge is 0.356 e. The van der Waals surface area contributed by atoms with Gasteiger partial charge in [-0.15, -0.1) is 0 Å². The summed E-state index contributed by atoms with van der Waals surface area (Å²) in [7, 11) is 0. The van der Waals surface area contributed by atoms with Gasteiger partial charge in [-0.1, -0.05) is 42.0 Å². The molecule has 0 aliphatic carbocycles. The van der Waals surface area contributed by atoms with Gasteiger partial charge in [-0.3, -0.25) is 9.59 Å². The molecule has 0 saturated heterocycles. The summed E-state index contributed by atoms with van der Waals surface area (Å²) in [4.78, 5) is 21.1. The highest BCUT2D eigenvalue weighted by molar-refractivity contribution is 5.79. The summed E-state index contributed by atoms with van der Waals surface area (Å²) in [5.41, 5.74) is 0. The summed E-state index contributed by atoms with van der Waals surface area (Å²) in [6, 6.07) is 0. The number of nitrogens with one attached hydrogen (secondary N) is 1. The molecule has 0 aromatic heterocycles. The van der Waals surface area contributed by atoms with Crippen molar-refractivity contribution >= 4 is 11.7 Å². The Morgan fingerprint density at radius 1 is 1.00 bits per heavy atom. The van der Waals surface area contributed by atoms with Gasteiger partial charge in [0.25, 0.3) is 0 Å². The van der Waals surface area contributed by atoms with Crippen molar-refractivity contribution in [3.63, 3.8) is 0 Å². The molecule has 1 N–H and O–H groups in total. The molecule has 0 heterocycles. The molecule has 0 aliphatic heterocycles. The summed E-state index contributed by atoms with van der Waals surface area (Å²) in [5.74, 6) is 0.826. The first kappa shape index (κ1) is 20.5. The number of carbonyl (C=O) groups excluding carboxylic acids is 2. The fourth-order valence-corrected chi connectivity index (χ4v) is 0.787. The Labute approximate surface area is 101 Å². The lowest BCUT2D eigenvalue weighted by molar-refractivity contribution is -0.124. The van der Waals surface area contributed by atoms with Gasteiger partial charge in [0, 0.05) is 24.8 Å². The molecule has 0 bridgehead atoms. The smallest absolute Gasteiger partial charge is 0.222 e. The SMILES string of the molecule is C.CCC(=O)C(C)C.CCNC(=O)C(C)C. The van der Waals surface area contributed by atoms with Crippen molar-refractivity contribution < 1.29 is 9.59 Å². The molecule has 0 aliphatic rings. The topological polar surface area (TPSA) is 46.2 Å². The Hall–Kier alpha value is -0.860.